The van der Waals surface area contributed by atoms with Crippen LogP contribution >= 0.6 is 23.4 Å². The predicted molar refractivity (Wildman–Crippen MR) is 66.5 cm³/mol. The van der Waals surface area contributed by atoms with Gasteiger partial charge in [0.2, 0.25) is 0 Å². The SMILES string of the molecule is COc1ccc(Cl)cc1SC1CNCCO1. The molecule has 1 aliphatic heterocycles. The normalized spacial score (nSPS) is 20.8. The summed E-state index contributed by atoms with van der Waals surface area (Å²) in [7, 11) is 1.66. The van der Waals surface area contributed by atoms with Crippen molar-refractivity contribution < 1.29 is 9.47 Å². The highest BCUT2D eigenvalue weighted by Crippen LogP contribution is 2.34. The van der Waals surface area contributed by atoms with Crippen molar-refractivity contribution in [2.75, 3.05) is 26.8 Å². The van der Waals surface area contributed by atoms with Crippen molar-refractivity contribution in [2.24, 2.45) is 0 Å². The van der Waals surface area contributed by atoms with Crippen LogP contribution in [0.15, 0.2) is 23.1 Å². The maximum atomic E-state index is 5.97. The van der Waals surface area contributed by atoms with Crippen LogP contribution in [0.25, 0.3) is 0 Å². The molecule has 1 aliphatic rings. The molecule has 1 atom stereocenters. The van der Waals surface area contributed by atoms with Crippen molar-refractivity contribution in [3.05, 3.63) is 23.2 Å². The minimum absolute atomic E-state index is 0.126. The summed E-state index contributed by atoms with van der Waals surface area (Å²) in [5.74, 6) is 0.837. The second-order valence-corrected chi connectivity index (χ2v) is 5.06. The Hall–Kier alpha value is -0.420. The van der Waals surface area contributed by atoms with Crippen LogP contribution in [0.3, 0.4) is 0 Å². The van der Waals surface area contributed by atoms with Crippen LogP contribution in [-0.2, 0) is 4.74 Å². The molecule has 0 radical (unpaired) electrons. The second kappa shape index (κ2) is 5.77. The van der Waals surface area contributed by atoms with Gasteiger partial charge in [-0.25, -0.2) is 0 Å². The molecule has 0 spiro atoms. The zero-order valence-corrected chi connectivity index (χ0v) is 10.6. The summed E-state index contributed by atoms with van der Waals surface area (Å²) in [5, 5.41) is 4.00. The highest BCUT2D eigenvalue weighted by molar-refractivity contribution is 8.00. The molecule has 0 aromatic heterocycles. The highest BCUT2D eigenvalue weighted by Gasteiger charge is 2.17. The number of ether oxygens (including phenoxy) is 2. The lowest BCUT2D eigenvalue weighted by atomic mass is 10.3. The molecule has 1 saturated heterocycles. The zero-order chi connectivity index (χ0) is 11.4. The van der Waals surface area contributed by atoms with E-state index in [9.17, 15) is 0 Å². The topological polar surface area (TPSA) is 30.5 Å². The molecule has 0 aliphatic carbocycles. The fraction of sp³-hybridized carbons (Fsp3) is 0.455. The van der Waals surface area contributed by atoms with E-state index in [1.165, 1.54) is 0 Å². The first-order valence-corrected chi connectivity index (χ1v) is 6.38. The van der Waals surface area contributed by atoms with Crippen molar-refractivity contribution in [1.29, 1.82) is 0 Å². The van der Waals surface area contributed by atoms with Crippen LogP contribution in [0, 0.1) is 0 Å². The average molecular weight is 260 g/mol. The molecule has 2 rings (SSSR count). The molecule has 5 heteroatoms. The van der Waals surface area contributed by atoms with Gasteiger partial charge in [-0.2, -0.15) is 0 Å². The van der Waals surface area contributed by atoms with Crippen LogP contribution in [-0.4, -0.2) is 32.2 Å². The average Bonchev–Trinajstić information content (AvgIpc) is 2.31. The van der Waals surface area contributed by atoms with E-state index < -0.39 is 0 Å². The summed E-state index contributed by atoms with van der Waals surface area (Å²) < 4.78 is 10.9. The Kier molecular flexibility index (Phi) is 4.35. The molecule has 0 saturated carbocycles. The number of thioether (sulfide) groups is 1. The quantitative estimate of drug-likeness (QED) is 0.903. The molecule has 1 aromatic rings. The molecule has 0 bridgehead atoms. The van der Waals surface area contributed by atoms with Gasteiger partial charge in [0, 0.05) is 18.1 Å². The Balaban J connectivity index is 2.09. The summed E-state index contributed by atoms with van der Waals surface area (Å²) in [6, 6.07) is 5.61. The first kappa shape index (κ1) is 12.0. The molecule has 1 fully saturated rings. The molecule has 0 amide bonds. The van der Waals surface area contributed by atoms with Gasteiger partial charge in [-0.05, 0) is 18.2 Å². The van der Waals surface area contributed by atoms with E-state index in [0.29, 0.717) is 5.02 Å². The van der Waals surface area contributed by atoms with Crippen molar-refractivity contribution in [2.45, 2.75) is 10.3 Å². The number of hydrogen-bond acceptors (Lipinski definition) is 4. The Labute approximate surface area is 104 Å². The molecule has 88 valence electrons. The molecule has 1 aromatic carbocycles. The van der Waals surface area contributed by atoms with E-state index in [1.807, 2.05) is 18.2 Å². The zero-order valence-electron chi connectivity index (χ0n) is 9.03. The molecular formula is C11H14ClNO2S. The van der Waals surface area contributed by atoms with Gasteiger partial charge in [0.05, 0.1) is 18.6 Å². The third-order valence-corrected chi connectivity index (χ3v) is 3.65. The van der Waals surface area contributed by atoms with Gasteiger partial charge in [0.1, 0.15) is 11.2 Å². The number of rotatable bonds is 3. The van der Waals surface area contributed by atoms with Gasteiger partial charge in [0.25, 0.3) is 0 Å². The number of benzene rings is 1. The lowest BCUT2D eigenvalue weighted by Gasteiger charge is -2.23. The van der Waals surface area contributed by atoms with E-state index in [1.54, 1.807) is 18.9 Å². The maximum absolute atomic E-state index is 5.97. The summed E-state index contributed by atoms with van der Waals surface area (Å²) in [4.78, 5) is 1.02. The Morgan fingerprint density at radius 3 is 3.12 bits per heavy atom. The first-order valence-electron chi connectivity index (χ1n) is 5.12. The minimum atomic E-state index is 0.126. The van der Waals surface area contributed by atoms with Gasteiger partial charge in [0.15, 0.2) is 0 Å². The summed E-state index contributed by atoms with van der Waals surface area (Å²) in [5.41, 5.74) is 0.126. The first-order chi connectivity index (χ1) is 7.79. The van der Waals surface area contributed by atoms with Gasteiger partial charge in [-0.3, -0.25) is 0 Å². The highest BCUT2D eigenvalue weighted by atomic mass is 35.5. The fourth-order valence-electron chi connectivity index (χ4n) is 1.50. The van der Waals surface area contributed by atoms with Crippen LogP contribution in [0.2, 0.25) is 5.02 Å². The van der Waals surface area contributed by atoms with E-state index in [-0.39, 0.29) is 5.44 Å². The Morgan fingerprint density at radius 1 is 1.56 bits per heavy atom. The number of morpholine rings is 1. The van der Waals surface area contributed by atoms with E-state index >= 15 is 0 Å². The van der Waals surface area contributed by atoms with Crippen LogP contribution < -0.4 is 10.1 Å². The predicted octanol–water partition coefficient (Wildman–Crippen LogP) is 2.39. The molecule has 16 heavy (non-hydrogen) atoms. The number of methoxy groups -OCH3 is 1. The van der Waals surface area contributed by atoms with Crippen molar-refractivity contribution in [3.63, 3.8) is 0 Å². The molecular weight excluding hydrogens is 246 g/mol. The van der Waals surface area contributed by atoms with E-state index in [2.05, 4.69) is 5.32 Å². The van der Waals surface area contributed by atoms with Crippen LogP contribution in [0.4, 0.5) is 0 Å². The maximum Gasteiger partial charge on any atom is 0.132 e. The lowest BCUT2D eigenvalue weighted by molar-refractivity contribution is 0.0852. The monoisotopic (exact) mass is 259 g/mol. The largest absolute Gasteiger partial charge is 0.496 e. The van der Waals surface area contributed by atoms with Gasteiger partial charge < -0.3 is 14.8 Å². The summed E-state index contributed by atoms with van der Waals surface area (Å²) >= 11 is 7.60. The van der Waals surface area contributed by atoms with Crippen molar-refractivity contribution in [3.8, 4) is 5.75 Å². The van der Waals surface area contributed by atoms with E-state index in [4.69, 9.17) is 21.1 Å². The summed E-state index contributed by atoms with van der Waals surface area (Å²) in [6.45, 7) is 2.52. The van der Waals surface area contributed by atoms with Crippen LogP contribution in [0.5, 0.6) is 5.75 Å². The molecule has 1 heterocycles. The van der Waals surface area contributed by atoms with Gasteiger partial charge >= 0.3 is 0 Å². The van der Waals surface area contributed by atoms with Crippen molar-refractivity contribution in [1.82, 2.24) is 5.32 Å². The van der Waals surface area contributed by atoms with Crippen LogP contribution in [0.1, 0.15) is 0 Å². The summed E-state index contributed by atoms with van der Waals surface area (Å²) in [6.07, 6.45) is 0. The molecule has 1 unspecified atom stereocenters. The van der Waals surface area contributed by atoms with Gasteiger partial charge in [-0.15, -0.1) is 0 Å². The minimum Gasteiger partial charge on any atom is -0.496 e. The smallest absolute Gasteiger partial charge is 0.132 e. The number of halogens is 1. The van der Waals surface area contributed by atoms with Gasteiger partial charge in [-0.1, -0.05) is 23.4 Å². The lowest BCUT2D eigenvalue weighted by Crippen LogP contribution is -2.36. The number of hydrogen-bond donors (Lipinski definition) is 1. The third-order valence-electron chi connectivity index (χ3n) is 2.28. The standard InChI is InChI=1S/C11H14ClNO2S/c1-14-9-3-2-8(12)6-10(9)16-11-7-13-4-5-15-11/h2-3,6,11,13H,4-5,7H2,1H3. The molecule has 1 N–H and O–H groups in total. The van der Waals surface area contributed by atoms with Crippen molar-refractivity contribution >= 4 is 23.4 Å². The second-order valence-electron chi connectivity index (χ2n) is 3.42. The number of nitrogens with one attached hydrogen (secondary N) is 1. The van der Waals surface area contributed by atoms with E-state index in [0.717, 1.165) is 30.3 Å². The Bertz CT molecular complexity index is 356. The molecule has 3 nitrogen and oxygen atoms in total. The Morgan fingerprint density at radius 2 is 2.44 bits per heavy atom. The third kappa shape index (κ3) is 3.04. The fourth-order valence-corrected chi connectivity index (χ4v) is 2.85.